The van der Waals surface area contributed by atoms with Crippen LogP contribution in [0.25, 0.3) is 0 Å². The molecular weight excluding hydrogens is 313 g/mol. The molecule has 23 heavy (non-hydrogen) atoms. The van der Waals surface area contributed by atoms with Crippen molar-refractivity contribution in [3.63, 3.8) is 0 Å². The van der Waals surface area contributed by atoms with Crippen LogP contribution in [-0.4, -0.2) is 22.2 Å². The summed E-state index contributed by atoms with van der Waals surface area (Å²) in [4.78, 5) is 11.8. The number of benzene rings is 1. The highest BCUT2D eigenvalue weighted by atomic mass is 19.4. The molecule has 0 saturated heterocycles. The van der Waals surface area contributed by atoms with Gasteiger partial charge in [-0.3, -0.25) is 4.79 Å². The second-order valence-electron chi connectivity index (χ2n) is 4.35. The Balaban J connectivity index is 2.92. The summed E-state index contributed by atoms with van der Waals surface area (Å²) in [5.41, 5.74) is -1.59. The summed E-state index contributed by atoms with van der Waals surface area (Å²) in [5.74, 6) is 0.144. The monoisotopic (exact) mass is 324 g/mol. The first-order valence-corrected chi connectivity index (χ1v) is 6.14. The number of aliphatic hydroxyl groups is 2. The van der Waals surface area contributed by atoms with E-state index in [0.717, 1.165) is 24.3 Å². The number of carbonyl (C=O) groups is 1. The fourth-order valence-corrected chi connectivity index (χ4v) is 1.53. The molecule has 0 spiro atoms. The predicted molar refractivity (Wildman–Crippen MR) is 74.8 cm³/mol. The lowest BCUT2D eigenvalue weighted by atomic mass is 10.1. The third-order valence-corrected chi connectivity index (χ3v) is 2.68. The largest absolute Gasteiger partial charge is 0.511 e. The molecule has 1 aromatic rings. The number of nitrogens with one attached hydrogen (secondary N) is 1. The van der Waals surface area contributed by atoms with E-state index in [-0.39, 0.29) is 5.69 Å². The Labute approximate surface area is 129 Å². The zero-order valence-electron chi connectivity index (χ0n) is 11.6. The minimum atomic E-state index is -4.51. The molecule has 1 aromatic carbocycles. The van der Waals surface area contributed by atoms with Gasteiger partial charge in [0.05, 0.1) is 5.56 Å². The van der Waals surface area contributed by atoms with E-state index in [1.54, 1.807) is 0 Å². The SMILES string of the molecule is C#CC(O)CC(O)=C(C#N)C(=O)Nc1ccc(C(F)(F)F)cc1. The van der Waals surface area contributed by atoms with Gasteiger partial charge in [0.25, 0.3) is 5.91 Å². The lowest BCUT2D eigenvalue weighted by Gasteiger charge is -2.09. The summed E-state index contributed by atoms with van der Waals surface area (Å²) in [6.45, 7) is 0. The van der Waals surface area contributed by atoms with Crippen molar-refractivity contribution < 1.29 is 28.2 Å². The fourth-order valence-electron chi connectivity index (χ4n) is 1.53. The molecule has 1 rings (SSSR count). The van der Waals surface area contributed by atoms with E-state index in [1.807, 2.05) is 5.92 Å². The maximum absolute atomic E-state index is 12.4. The summed E-state index contributed by atoms with van der Waals surface area (Å²) >= 11 is 0. The first-order chi connectivity index (χ1) is 10.7. The molecule has 5 nitrogen and oxygen atoms in total. The van der Waals surface area contributed by atoms with Gasteiger partial charge in [0.2, 0.25) is 0 Å². The number of amides is 1. The molecule has 0 saturated carbocycles. The third kappa shape index (κ3) is 5.06. The first-order valence-electron chi connectivity index (χ1n) is 6.14. The minimum Gasteiger partial charge on any atom is -0.511 e. The highest BCUT2D eigenvalue weighted by Crippen LogP contribution is 2.29. The highest BCUT2D eigenvalue weighted by molar-refractivity contribution is 6.06. The van der Waals surface area contributed by atoms with Crippen LogP contribution in [0.4, 0.5) is 18.9 Å². The molecule has 0 aliphatic heterocycles. The Bertz CT molecular complexity index is 695. The Hall–Kier alpha value is -2.97. The van der Waals surface area contributed by atoms with Crippen LogP contribution in [0.15, 0.2) is 35.6 Å². The van der Waals surface area contributed by atoms with Crippen LogP contribution in [0, 0.1) is 23.7 Å². The molecule has 0 bridgehead atoms. The van der Waals surface area contributed by atoms with E-state index in [1.165, 1.54) is 6.07 Å². The zero-order chi connectivity index (χ0) is 17.6. The average molecular weight is 324 g/mol. The van der Waals surface area contributed by atoms with Gasteiger partial charge >= 0.3 is 6.18 Å². The van der Waals surface area contributed by atoms with Gasteiger partial charge in [0.1, 0.15) is 17.9 Å². The number of hydrogen-bond donors (Lipinski definition) is 3. The van der Waals surface area contributed by atoms with E-state index in [0.29, 0.717) is 0 Å². The smallest absolute Gasteiger partial charge is 0.416 e. The molecule has 1 amide bonds. The quantitative estimate of drug-likeness (QED) is 0.343. The van der Waals surface area contributed by atoms with Gasteiger partial charge in [-0.25, -0.2) is 0 Å². The second kappa shape index (κ2) is 7.34. The number of nitriles is 1. The van der Waals surface area contributed by atoms with Crippen molar-refractivity contribution in [2.75, 3.05) is 5.32 Å². The number of hydrogen-bond acceptors (Lipinski definition) is 4. The number of alkyl halides is 3. The normalized spacial score (nSPS) is 13.3. The van der Waals surface area contributed by atoms with Crippen LogP contribution in [0.1, 0.15) is 12.0 Å². The standard InChI is InChI=1S/C15H11F3N2O3/c1-2-11(21)7-13(22)12(8-19)14(23)20-10-5-3-9(4-6-10)15(16,17)18/h1,3-6,11,21-22H,7H2,(H,20,23). The molecule has 1 atom stereocenters. The van der Waals surface area contributed by atoms with Gasteiger partial charge in [-0.05, 0) is 24.3 Å². The molecule has 1 unspecified atom stereocenters. The Morgan fingerprint density at radius 3 is 2.35 bits per heavy atom. The molecular formula is C15H11F3N2O3. The van der Waals surface area contributed by atoms with Gasteiger partial charge in [-0.1, -0.05) is 5.92 Å². The topological polar surface area (TPSA) is 93.3 Å². The van der Waals surface area contributed by atoms with E-state index in [2.05, 4.69) is 5.32 Å². The van der Waals surface area contributed by atoms with E-state index in [4.69, 9.17) is 11.7 Å². The van der Waals surface area contributed by atoms with Gasteiger partial charge in [-0.2, -0.15) is 18.4 Å². The summed E-state index contributed by atoms with van der Waals surface area (Å²) in [7, 11) is 0. The van der Waals surface area contributed by atoms with Crippen LogP contribution < -0.4 is 5.32 Å². The summed E-state index contributed by atoms with van der Waals surface area (Å²) < 4.78 is 37.2. The lowest BCUT2D eigenvalue weighted by Crippen LogP contribution is -2.17. The van der Waals surface area contributed by atoms with Gasteiger partial charge in [-0.15, -0.1) is 6.42 Å². The Morgan fingerprint density at radius 1 is 1.35 bits per heavy atom. The molecule has 0 radical (unpaired) electrons. The number of aliphatic hydroxyl groups excluding tert-OH is 2. The second-order valence-corrected chi connectivity index (χ2v) is 4.35. The third-order valence-electron chi connectivity index (χ3n) is 2.68. The molecule has 0 heterocycles. The maximum Gasteiger partial charge on any atom is 0.416 e. The van der Waals surface area contributed by atoms with Crippen molar-refractivity contribution in [2.24, 2.45) is 0 Å². The molecule has 0 aliphatic rings. The van der Waals surface area contributed by atoms with E-state index in [9.17, 15) is 28.2 Å². The number of nitrogens with zero attached hydrogens (tertiary/aromatic N) is 1. The molecule has 0 aliphatic carbocycles. The number of rotatable bonds is 4. The van der Waals surface area contributed by atoms with Crippen molar-refractivity contribution in [2.45, 2.75) is 18.7 Å². The number of carbonyl (C=O) groups excluding carboxylic acids is 1. The summed E-state index contributed by atoms with van der Waals surface area (Å²) in [5, 5.41) is 29.8. The molecule has 8 heteroatoms. The van der Waals surface area contributed by atoms with Crippen molar-refractivity contribution in [1.82, 2.24) is 0 Å². The molecule has 3 N–H and O–H groups in total. The van der Waals surface area contributed by atoms with Crippen molar-refractivity contribution in [3.05, 3.63) is 41.2 Å². The minimum absolute atomic E-state index is 0.000971. The Morgan fingerprint density at radius 2 is 1.91 bits per heavy atom. The van der Waals surface area contributed by atoms with Crippen LogP contribution in [0.5, 0.6) is 0 Å². The summed E-state index contributed by atoms with van der Waals surface area (Å²) in [6.07, 6.45) is -1.49. The van der Waals surface area contributed by atoms with Crippen LogP contribution in [0.2, 0.25) is 0 Å². The zero-order valence-corrected chi connectivity index (χ0v) is 11.6. The van der Waals surface area contributed by atoms with Gasteiger partial charge < -0.3 is 15.5 Å². The number of terminal acetylenes is 1. The van der Waals surface area contributed by atoms with Crippen molar-refractivity contribution in [1.29, 1.82) is 5.26 Å². The predicted octanol–water partition coefficient (Wildman–Crippen LogP) is 2.36. The van der Waals surface area contributed by atoms with Crippen molar-refractivity contribution >= 4 is 11.6 Å². The average Bonchev–Trinajstić information content (AvgIpc) is 2.47. The van der Waals surface area contributed by atoms with Crippen LogP contribution in [0.3, 0.4) is 0 Å². The van der Waals surface area contributed by atoms with E-state index >= 15 is 0 Å². The van der Waals surface area contributed by atoms with Crippen LogP contribution in [-0.2, 0) is 11.0 Å². The Kier molecular flexibility index (Phi) is 5.77. The van der Waals surface area contributed by atoms with Crippen molar-refractivity contribution in [3.8, 4) is 18.4 Å². The number of anilines is 1. The highest BCUT2D eigenvalue weighted by Gasteiger charge is 2.30. The van der Waals surface area contributed by atoms with Gasteiger partial charge in [0, 0.05) is 12.1 Å². The number of halogens is 3. The fraction of sp³-hybridized carbons (Fsp3) is 0.200. The molecule has 0 fully saturated rings. The van der Waals surface area contributed by atoms with Crippen LogP contribution >= 0.6 is 0 Å². The maximum atomic E-state index is 12.4. The molecule has 120 valence electrons. The summed E-state index contributed by atoms with van der Waals surface area (Å²) in [6, 6.07) is 4.97. The molecule has 0 aromatic heterocycles. The first kappa shape index (κ1) is 18.1. The van der Waals surface area contributed by atoms with Gasteiger partial charge in [0.15, 0.2) is 5.57 Å². The van der Waals surface area contributed by atoms with E-state index < -0.39 is 41.5 Å². The lowest BCUT2D eigenvalue weighted by molar-refractivity contribution is -0.137.